The number of carbonyl (C=O) groups excluding carboxylic acids is 1. The Balaban J connectivity index is 1.91. The van der Waals surface area contributed by atoms with Crippen molar-refractivity contribution in [3.8, 4) is 0 Å². The first-order chi connectivity index (χ1) is 14.9. The van der Waals surface area contributed by atoms with Gasteiger partial charge in [-0.25, -0.2) is 8.42 Å². The number of nitrogens with one attached hydrogen (secondary N) is 1. The van der Waals surface area contributed by atoms with Gasteiger partial charge in [0.05, 0.1) is 29.5 Å². The van der Waals surface area contributed by atoms with Gasteiger partial charge in [-0.1, -0.05) is 0 Å². The monoisotopic (exact) mass is 463 g/mol. The highest BCUT2D eigenvalue weighted by Crippen LogP contribution is 2.30. The molecule has 0 aliphatic carbocycles. The summed E-state index contributed by atoms with van der Waals surface area (Å²) in [6.45, 7) is 8.92. The molecule has 1 aliphatic rings. The van der Waals surface area contributed by atoms with Crippen LogP contribution in [0.15, 0.2) is 40.6 Å². The third kappa shape index (κ3) is 5.54. The van der Waals surface area contributed by atoms with Crippen LogP contribution in [0.25, 0.3) is 6.08 Å². The molecule has 0 saturated carbocycles. The van der Waals surface area contributed by atoms with E-state index in [2.05, 4.69) is 10.2 Å². The number of sulfonamides is 1. The minimum absolute atomic E-state index is 0.165. The van der Waals surface area contributed by atoms with Crippen molar-refractivity contribution < 1.29 is 17.9 Å². The van der Waals surface area contributed by atoms with Crippen LogP contribution >= 0.6 is 11.3 Å². The number of benzene rings is 1. The van der Waals surface area contributed by atoms with Crippen LogP contribution in [0.2, 0.25) is 0 Å². The number of thiophene rings is 1. The number of hydrogen-bond acceptors (Lipinski definition) is 6. The summed E-state index contributed by atoms with van der Waals surface area (Å²) in [5, 5.41) is 4.86. The summed E-state index contributed by atoms with van der Waals surface area (Å²) in [5.41, 5.74) is 2.38. The molecule has 1 N–H and O–H groups in total. The van der Waals surface area contributed by atoms with Gasteiger partial charge in [-0.05, 0) is 62.1 Å². The summed E-state index contributed by atoms with van der Waals surface area (Å²) in [5.74, 6) is -0.304. The summed E-state index contributed by atoms with van der Waals surface area (Å²) < 4.78 is 32.9. The van der Waals surface area contributed by atoms with Gasteiger partial charge in [0.15, 0.2) is 0 Å². The molecule has 0 spiro atoms. The van der Waals surface area contributed by atoms with Gasteiger partial charge in [0.1, 0.15) is 0 Å². The number of ether oxygens (including phenoxy) is 1. The highest BCUT2D eigenvalue weighted by molar-refractivity contribution is 7.89. The van der Waals surface area contributed by atoms with Crippen LogP contribution in [0, 0.1) is 6.92 Å². The average Bonchev–Trinajstić information content (AvgIpc) is 3.19. The van der Waals surface area contributed by atoms with Gasteiger partial charge in [0.2, 0.25) is 15.9 Å². The Morgan fingerprint density at radius 3 is 2.55 bits per heavy atom. The maximum atomic E-state index is 13.1. The number of carbonyl (C=O) groups is 1. The number of anilines is 2. The van der Waals surface area contributed by atoms with Gasteiger partial charge in [-0.15, -0.1) is 11.3 Å². The van der Waals surface area contributed by atoms with E-state index >= 15 is 0 Å². The smallest absolute Gasteiger partial charge is 0.248 e. The summed E-state index contributed by atoms with van der Waals surface area (Å²) in [6.07, 6.45) is 3.26. The van der Waals surface area contributed by atoms with Crippen molar-refractivity contribution in [1.29, 1.82) is 0 Å². The first-order valence-corrected chi connectivity index (χ1v) is 12.7. The number of amides is 1. The normalized spacial score (nSPS) is 15.3. The van der Waals surface area contributed by atoms with Crippen LogP contribution in [0.1, 0.15) is 24.3 Å². The minimum atomic E-state index is -3.66. The van der Waals surface area contributed by atoms with Crippen molar-refractivity contribution in [2.24, 2.45) is 0 Å². The third-order valence-electron chi connectivity index (χ3n) is 5.23. The third-order valence-corrected chi connectivity index (χ3v) is 8.10. The number of nitrogens with zero attached hydrogens (tertiary/aromatic N) is 2. The van der Waals surface area contributed by atoms with E-state index in [-0.39, 0.29) is 10.8 Å². The molecule has 0 bridgehead atoms. The van der Waals surface area contributed by atoms with Crippen LogP contribution in [0.3, 0.4) is 0 Å². The van der Waals surface area contributed by atoms with Crippen LogP contribution in [-0.2, 0) is 19.6 Å². The van der Waals surface area contributed by atoms with Crippen molar-refractivity contribution in [3.05, 3.63) is 46.2 Å². The van der Waals surface area contributed by atoms with Crippen molar-refractivity contribution in [2.75, 3.05) is 49.6 Å². The molecule has 0 radical (unpaired) electrons. The Morgan fingerprint density at radius 2 is 1.94 bits per heavy atom. The fourth-order valence-corrected chi connectivity index (χ4v) is 5.69. The van der Waals surface area contributed by atoms with Crippen molar-refractivity contribution in [2.45, 2.75) is 25.7 Å². The number of morpholine rings is 1. The van der Waals surface area contributed by atoms with Gasteiger partial charge in [0, 0.05) is 37.1 Å². The first-order valence-electron chi connectivity index (χ1n) is 10.4. The second-order valence-corrected chi connectivity index (χ2v) is 10.0. The zero-order valence-corrected chi connectivity index (χ0v) is 19.8. The van der Waals surface area contributed by atoms with Crippen LogP contribution in [0.5, 0.6) is 0 Å². The molecule has 1 aliphatic heterocycles. The lowest BCUT2D eigenvalue weighted by molar-refractivity contribution is -0.111. The maximum absolute atomic E-state index is 13.1. The van der Waals surface area contributed by atoms with E-state index in [1.807, 2.05) is 32.2 Å². The van der Waals surface area contributed by atoms with Crippen LogP contribution in [0.4, 0.5) is 11.4 Å². The summed E-state index contributed by atoms with van der Waals surface area (Å²) in [7, 11) is -3.66. The van der Waals surface area contributed by atoms with Gasteiger partial charge < -0.3 is 15.0 Å². The average molecular weight is 464 g/mol. The van der Waals surface area contributed by atoms with Gasteiger partial charge >= 0.3 is 0 Å². The Kier molecular flexibility index (Phi) is 7.88. The van der Waals surface area contributed by atoms with Gasteiger partial charge in [-0.2, -0.15) is 4.31 Å². The Morgan fingerprint density at radius 1 is 1.23 bits per heavy atom. The standard InChI is InChI=1S/C22H29N3O4S2/c1-4-24(5-2)20-7-6-18(31(27,28)25-11-13-29-14-12-25)16-19(20)23-22(26)9-8-21-17(3)10-15-30-21/h6-10,15-16H,4-5,11-14H2,1-3H3,(H,23,26)/b9-8+. The predicted octanol–water partition coefficient (Wildman–Crippen LogP) is 3.58. The molecule has 1 fully saturated rings. The largest absolute Gasteiger partial charge is 0.379 e. The molecule has 1 saturated heterocycles. The van der Waals surface area contributed by atoms with E-state index in [0.29, 0.717) is 32.0 Å². The SMILES string of the molecule is CCN(CC)c1ccc(S(=O)(=O)N2CCOCC2)cc1NC(=O)/C=C/c1sccc1C. The second kappa shape index (κ2) is 10.4. The van der Waals surface area contributed by atoms with E-state index < -0.39 is 10.0 Å². The van der Waals surface area contributed by atoms with Crippen molar-refractivity contribution in [3.63, 3.8) is 0 Å². The highest BCUT2D eigenvalue weighted by Gasteiger charge is 2.27. The lowest BCUT2D eigenvalue weighted by atomic mass is 10.2. The first kappa shape index (κ1) is 23.5. The molecule has 0 atom stereocenters. The minimum Gasteiger partial charge on any atom is -0.379 e. The molecule has 2 aromatic rings. The zero-order chi connectivity index (χ0) is 22.4. The molecular weight excluding hydrogens is 434 g/mol. The quantitative estimate of drug-likeness (QED) is 0.606. The molecule has 3 rings (SSSR count). The van der Waals surface area contributed by atoms with E-state index in [1.54, 1.807) is 35.6 Å². The molecule has 2 heterocycles. The lowest BCUT2D eigenvalue weighted by Crippen LogP contribution is -2.40. The van der Waals surface area contributed by atoms with Gasteiger partial charge in [0.25, 0.3) is 0 Å². The van der Waals surface area contributed by atoms with E-state index in [0.717, 1.165) is 29.2 Å². The van der Waals surface area contributed by atoms with Crippen LogP contribution in [-0.4, -0.2) is 58.0 Å². The zero-order valence-electron chi connectivity index (χ0n) is 18.1. The number of aryl methyl sites for hydroxylation is 1. The van der Waals surface area contributed by atoms with E-state index in [1.165, 1.54) is 10.4 Å². The molecule has 31 heavy (non-hydrogen) atoms. The topological polar surface area (TPSA) is 79.0 Å². The molecule has 1 amide bonds. The fraction of sp³-hybridized carbons (Fsp3) is 0.409. The number of hydrogen-bond donors (Lipinski definition) is 1. The Labute approximate surface area is 188 Å². The molecule has 7 nitrogen and oxygen atoms in total. The van der Waals surface area contributed by atoms with E-state index in [9.17, 15) is 13.2 Å². The molecule has 0 unspecified atom stereocenters. The molecule has 1 aromatic carbocycles. The van der Waals surface area contributed by atoms with Gasteiger partial charge in [-0.3, -0.25) is 4.79 Å². The lowest BCUT2D eigenvalue weighted by Gasteiger charge is -2.28. The molecule has 168 valence electrons. The fourth-order valence-electron chi connectivity index (χ4n) is 3.43. The molecular formula is C22H29N3O4S2. The summed E-state index contributed by atoms with van der Waals surface area (Å²) >= 11 is 1.56. The van der Waals surface area contributed by atoms with E-state index in [4.69, 9.17) is 4.74 Å². The predicted molar refractivity (Wildman–Crippen MR) is 126 cm³/mol. The Hall–Kier alpha value is -2.20. The summed E-state index contributed by atoms with van der Waals surface area (Å²) in [6, 6.07) is 6.93. The van der Waals surface area contributed by atoms with Crippen molar-refractivity contribution in [1.82, 2.24) is 4.31 Å². The summed E-state index contributed by atoms with van der Waals surface area (Å²) in [4.78, 5) is 15.9. The Bertz CT molecular complexity index is 1040. The second-order valence-electron chi connectivity index (χ2n) is 7.16. The van der Waals surface area contributed by atoms with Crippen molar-refractivity contribution >= 4 is 44.7 Å². The number of rotatable bonds is 8. The van der Waals surface area contributed by atoms with Crippen LogP contribution < -0.4 is 10.2 Å². The molecule has 9 heteroatoms. The maximum Gasteiger partial charge on any atom is 0.248 e. The highest BCUT2D eigenvalue weighted by atomic mass is 32.2. The molecule has 1 aromatic heterocycles.